The van der Waals surface area contributed by atoms with Crippen molar-refractivity contribution in [1.82, 2.24) is 19.7 Å². The molecule has 0 saturated carbocycles. The Labute approximate surface area is 195 Å². The number of benzene rings is 2. The summed E-state index contributed by atoms with van der Waals surface area (Å²) in [6.07, 6.45) is 0.465. The zero-order valence-corrected chi connectivity index (χ0v) is 20.3. The van der Waals surface area contributed by atoms with Crippen LogP contribution in [0.25, 0.3) is 5.69 Å². The summed E-state index contributed by atoms with van der Waals surface area (Å²) in [6, 6.07) is 15.8. The predicted molar refractivity (Wildman–Crippen MR) is 128 cm³/mol. The molecule has 0 aliphatic carbocycles. The molecule has 0 fully saturated rings. The third-order valence-corrected chi connectivity index (χ3v) is 5.87. The molecule has 176 valence electrons. The van der Waals surface area contributed by atoms with Crippen molar-refractivity contribution in [2.75, 3.05) is 13.1 Å². The Kier molecular flexibility index (Phi) is 7.65. The van der Waals surface area contributed by atoms with Crippen molar-refractivity contribution in [1.29, 1.82) is 0 Å². The zero-order chi connectivity index (χ0) is 24.2. The molecule has 1 aromatic heterocycles. The van der Waals surface area contributed by atoms with E-state index in [9.17, 15) is 13.2 Å². The lowest BCUT2D eigenvalue weighted by molar-refractivity contribution is 0.0702. The van der Waals surface area contributed by atoms with Crippen molar-refractivity contribution in [3.05, 3.63) is 71.8 Å². The number of hydrogen-bond donors (Lipinski definition) is 1. The molecular weight excluding hydrogens is 438 g/mol. The van der Waals surface area contributed by atoms with E-state index in [0.29, 0.717) is 42.9 Å². The minimum Gasteiger partial charge on any atom is -0.335 e. The number of carbonyl (C=O) groups excluding carboxylic acids is 1. The lowest BCUT2D eigenvalue weighted by atomic mass is 10.1. The SMILES string of the molecule is CC(C)CN(CC(C)C)C(=O)c1nc(Cc2ccccc2)n(-c2ccc(S(N)(=O)=O)cc2)n1. The fourth-order valence-corrected chi connectivity index (χ4v) is 4.09. The number of nitrogens with zero attached hydrogens (tertiary/aromatic N) is 4. The zero-order valence-electron chi connectivity index (χ0n) is 19.5. The topological polar surface area (TPSA) is 111 Å². The lowest BCUT2D eigenvalue weighted by Crippen LogP contribution is -2.37. The van der Waals surface area contributed by atoms with E-state index in [0.717, 1.165) is 5.56 Å². The third kappa shape index (κ3) is 6.49. The molecule has 0 aliphatic heterocycles. The summed E-state index contributed by atoms with van der Waals surface area (Å²) in [6.45, 7) is 9.51. The average molecular weight is 470 g/mol. The normalized spacial score (nSPS) is 11.8. The largest absolute Gasteiger partial charge is 0.335 e. The third-order valence-electron chi connectivity index (χ3n) is 4.94. The van der Waals surface area contributed by atoms with Crippen molar-refractivity contribution >= 4 is 15.9 Å². The Morgan fingerprint density at radius 3 is 2.06 bits per heavy atom. The van der Waals surface area contributed by atoms with E-state index in [4.69, 9.17) is 5.14 Å². The molecule has 0 bridgehead atoms. The summed E-state index contributed by atoms with van der Waals surface area (Å²) in [5, 5.41) is 9.76. The maximum atomic E-state index is 13.3. The molecule has 2 aromatic carbocycles. The van der Waals surface area contributed by atoms with Crippen LogP contribution in [0.15, 0.2) is 59.5 Å². The van der Waals surface area contributed by atoms with Gasteiger partial charge >= 0.3 is 0 Å². The van der Waals surface area contributed by atoms with Crippen LogP contribution < -0.4 is 5.14 Å². The molecule has 0 atom stereocenters. The van der Waals surface area contributed by atoms with E-state index in [1.54, 1.807) is 21.7 Å². The highest BCUT2D eigenvalue weighted by Crippen LogP contribution is 2.18. The van der Waals surface area contributed by atoms with E-state index < -0.39 is 10.0 Å². The Morgan fingerprint density at radius 2 is 1.55 bits per heavy atom. The van der Waals surface area contributed by atoms with Gasteiger partial charge in [0.1, 0.15) is 5.82 Å². The molecule has 1 amide bonds. The highest BCUT2D eigenvalue weighted by molar-refractivity contribution is 7.89. The second-order valence-electron chi connectivity index (χ2n) is 8.96. The van der Waals surface area contributed by atoms with E-state index >= 15 is 0 Å². The first-order chi connectivity index (χ1) is 15.5. The van der Waals surface area contributed by atoms with Crippen molar-refractivity contribution in [2.45, 2.75) is 39.0 Å². The van der Waals surface area contributed by atoms with Crippen LogP contribution in [0.5, 0.6) is 0 Å². The predicted octanol–water partition coefficient (Wildman–Crippen LogP) is 3.26. The van der Waals surface area contributed by atoms with Crippen LogP contribution in [-0.2, 0) is 16.4 Å². The molecule has 2 N–H and O–H groups in total. The van der Waals surface area contributed by atoms with Crippen molar-refractivity contribution in [3.8, 4) is 5.69 Å². The van der Waals surface area contributed by atoms with Crippen LogP contribution >= 0.6 is 0 Å². The van der Waals surface area contributed by atoms with Crippen molar-refractivity contribution < 1.29 is 13.2 Å². The number of hydrogen-bond acceptors (Lipinski definition) is 5. The number of carbonyl (C=O) groups is 1. The lowest BCUT2D eigenvalue weighted by Gasteiger charge is -2.25. The van der Waals surface area contributed by atoms with Gasteiger partial charge in [0.2, 0.25) is 15.8 Å². The summed E-state index contributed by atoms with van der Waals surface area (Å²) in [5.41, 5.74) is 1.62. The van der Waals surface area contributed by atoms with Gasteiger partial charge in [-0.25, -0.2) is 23.2 Å². The van der Waals surface area contributed by atoms with Gasteiger partial charge in [-0.2, -0.15) is 0 Å². The van der Waals surface area contributed by atoms with Crippen LogP contribution in [0.4, 0.5) is 0 Å². The smallest absolute Gasteiger partial charge is 0.293 e. The highest BCUT2D eigenvalue weighted by atomic mass is 32.2. The summed E-state index contributed by atoms with van der Waals surface area (Å²) < 4.78 is 24.8. The number of nitrogens with two attached hydrogens (primary N) is 1. The van der Waals surface area contributed by atoms with Gasteiger partial charge in [-0.15, -0.1) is 5.10 Å². The summed E-state index contributed by atoms with van der Waals surface area (Å²) in [4.78, 5) is 19.8. The summed E-state index contributed by atoms with van der Waals surface area (Å²) in [5.74, 6) is 1.11. The quantitative estimate of drug-likeness (QED) is 0.517. The monoisotopic (exact) mass is 469 g/mol. The first-order valence-corrected chi connectivity index (χ1v) is 12.5. The van der Waals surface area contributed by atoms with Gasteiger partial charge in [-0.3, -0.25) is 4.79 Å². The van der Waals surface area contributed by atoms with Gasteiger partial charge in [0, 0.05) is 19.5 Å². The average Bonchev–Trinajstić information content (AvgIpc) is 3.16. The van der Waals surface area contributed by atoms with Crippen LogP contribution in [-0.4, -0.2) is 47.1 Å². The fourth-order valence-electron chi connectivity index (χ4n) is 3.57. The molecule has 0 saturated heterocycles. The molecule has 1 heterocycles. The Balaban J connectivity index is 2.03. The molecule has 8 nitrogen and oxygen atoms in total. The van der Waals surface area contributed by atoms with Gasteiger partial charge in [0.15, 0.2) is 0 Å². The molecule has 0 unspecified atom stereocenters. The van der Waals surface area contributed by atoms with Gasteiger partial charge in [-0.1, -0.05) is 58.0 Å². The van der Waals surface area contributed by atoms with Crippen LogP contribution in [0, 0.1) is 11.8 Å². The number of aromatic nitrogens is 3. The van der Waals surface area contributed by atoms with Crippen molar-refractivity contribution in [3.63, 3.8) is 0 Å². The van der Waals surface area contributed by atoms with Crippen molar-refractivity contribution in [2.24, 2.45) is 17.0 Å². The molecule has 3 aromatic rings. The number of amides is 1. The maximum absolute atomic E-state index is 13.3. The number of rotatable bonds is 9. The summed E-state index contributed by atoms with van der Waals surface area (Å²) in [7, 11) is -3.81. The maximum Gasteiger partial charge on any atom is 0.293 e. The van der Waals surface area contributed by atoms with Gasteiger partial charge < -0.3 is 4.90 Å². The Hall–Kier alpha value is -3.04. The van der Waals surface area contributed by atoms with Crippen LogP contribution in [0.3, 0.4) is 0 Å². The van der Waals surface area contributed by atoms with E-state index in [-0.39, 0.29) is 16.6 Å². The molecule has 3 rings (SSSR count). The van der Waals surface area contributed by atoms with Crippen LogP contribution in [0.1, 0.15) is 49.7 Å². The molecule has 0 spiro atoms. The first-order valence-electron chi connectivity index (χ1n) is 11.0. The molecular formula is C24H31N5O3S. The number of sulfonamides is 1. The standard InChI is InChI=1S/C24H31N5O3S/c1-17(2)15-28(16-18(3)4)24(30)23-26-22(14-19-8-6-5-7-9-19)29(27-23)20-10-12-21(13-11-20)33(25,31)32/h5-13,17-18H,14-16H2,1-4H3,(H2,25,31,32). The van der Waals surface area contributed by atoms with E-state index in [2.05, 4.69) is 37.8 Å². The van der Waals surface area contributed by atoms with E-state index in [1.807, 2.05) is 30.3 Å². The van der Waals surface area contributed by atoms with E-state index in [1.165, 1.54) is 12.1 Å². The molecule has 0 aliphatic rings. The second-order valence-corrected chi connectivity index (χ2v) is 10.5. The minimum absolute atomic E-state index is 0.00677. The summed E-state index contributed by atoms with van der Waals surface area (Å²) >= 11 is 0. The Morgan fingerprint density at radius 1 is 0.970 bits per heavy atom. The minimum atomic E-state index is -3.81. The van der Waals surface area contributed by atoms with Crippen LogP contribution in [0.2, 0.25) is 0 Å². The molecule has 33 heavy (non-hydrogen) atoms. The molecule has 9 heteroatoms. The second kappa shape index (κ2) is 10.3. The van der Waals surface area contributed by atoms with Gasteiger partial charge in [-0.05, 0) is 41.7 Å². The Bertz CT molecular complexity index is 1180. The molecule has 0 radical (unpaired) electrons. The first kappa shape index (κ1) is 24.6. The van der Waals surface area contributed by atoms with Gasteiger partial charge in [0.25, 0.3) is 5.91 Å². The van der Waals surface area contributed by atoms with Gasteiger partial charge in [0.05, 0.1) is 10.6 Å². The fraction of sp³-hybridized carbons (Fsp3) is 0.375. The highest BCUT2D eigenvalue weighted by Gasteiger charge is 2.24. The number of primary sulfonamides is 1.